The summed E-state index contributed by atoms with van der Waals surface area (Å²) >= 11 is 0. The first-order valence-corrected chi connectivity index (χ1v) is 12.7. The highest BCUT2D eigenvalue weighted by molar-refractivity contribution is 6.00. The SMILES string of the molecule is CCC(C)(C)N(C(=O)CNC(=O)OC(C)(C)C)C(C(=O)Nc1ccc2ccccc2c1)c1ccc(O)cc1. The molecule has 0 radical (unpaired) electrons. The summed E-state index contributed by atoms with van der Waals surface area (Å²) < 4.78 is 5.27. The van der Waals surface area contributed by atoms with Crippen molar-refractivity contribution in [2.24, 2.45) is 0 Å². The third-order valence-electron chi connectivity index (χ3n) is 6.30. The summed E-state index contributed by atoms with van der Waals surface area (Å²) in [6.45, 7) is 10.5. The molecule has 3 aromatic carbocycles. The van der Waals surface area contributed by atoms with E-state index in [0.717, 1.165) is 10.8 Å². The summed E-state index contributed by atoms with van der Waals surface area (Å²) in [6.07, 6.45) is -0.176. The van der Waals surface area contributed by atoms with E-state index in [1.807, 2.05) is 63.2 Å². The van der Waals surface area contributed by atoms with E-state index in [0.29, 0.717) is 17.7 Å². The van der Waals surface area contributed by atoms with Crippen LogP contribution in [-0.2, 0) is 14.3 Å². The maximum atomic E-state index is 13.9. The van der Waals surface area contributed by atoms with Crippen molar-refractivity contribution in [2.75, 3.05) is 11.9 Å². The molecule has 8 heteroatoms. The number of alkyl carbamates (subject to hydrolysis) is 1. The second-order valence-electron chi connectivity index (χ2n) is 10.8. The Morgan fingerprint density at radius 2 is 1.55 bits per heavy atom. The van der Waals surface area contributed by atoms with Crippen LogP contribution in [0.1, 0.15) is 59.6 Å². The van der Waals surface area contributed by atoms with Crippen molar-refractivity contribution in [3.05, 3.63) is 72.3 Å². The summed E-state index contributed by atoms with van der Waals surface area (Å²) in [5.74, 6) is -0.825. The molecule has 0 aromatic heterocycles. The van der Waals surface area contributed by atoms with Crippen LogP contribution in [0.5, 0.6) is 5.75 Å². The Hall–Kier alpha value is -4.07. The number of nitrogens with one attached hydrogen (secondary N) is 2. The minimum atomic E-state index is -1.04. The number of fused-ring (bicyclic) bond motifs is 1. The van der Waals surface area contributed by atoms with E-state index in [9.17, 15) is 19.5 Å². The zero-order valence-electron chi connectivity index (χ0n) is 22.9. The molecule has 202 valence electrons. The lowest BCUT2D eigenvalue weighted by atomic mass is 9.93. The van der Waals surface area contributed by atoms with Crippen LogP contribution in [0.2, 0.25) is 0 Å². The normalized spacial score (nSPS) is 12.5. The molecule has 0 aliphatic rings. The fourth-order valence-electron chi connectivity index (χ4n) is 4.10. The van der Waals surface area contributed by atoms with E-state index in [-0.39, 0.29) is 12.3 Å². The lowest BCUT2D eigenvalue weighted by Crippen LogP contribution is -2.55. The minimum absolute atomic E-state index is 0.0432. The summed E-state index contributed by atoms with van der Waals surface area (Å²) in [5.41, 5.74) is -0.362. The molecule has 0 aliphatic heterocycles. The summed E-state index contributed by atoms with van der Waals surface area (Å²) in [7, 11) is 0. The first-order chi connectivity index (χ1) is 17.8. The van der Waals surface area contributed by atoms with Gasteiger partial charge in [0.05, 0.1) is 0 Å². The molecule has 0 saturated carbocycles. The number of phenols is 1. The van der Waals surface area contributed by atoms with Gasteiger partial charge >= 0.3 is 6.09 Å². The van der Waals surface area contributed by atoms with Gasteiger partial charge in [-0.25, -0.2) is 4.79 Å². The second kappa shape index (κ2) is 11.5. The van der Waals surface area contributed by atoms with Gasteiger partial charge in [-0.15, -0.1) is 0 Å². The van der Waals surface area contributed by atoms with Gasteiger partial charge in [-0.3, -0.25) is 9.59 Å². The Balaban J connectivity index is 1.97. The number of rotatable bonds is 8. The number of phenolic OH excluding ortho intramolecular Hbond substituents is 1. The molecule has 0 bridgehead atoms. The van der Waals surface area contributed by atoms with E-state index >= 15 is 0 Å². The van der Waals surface area contributed by atoms with Crippen molar-refractivity contribution in [1.82, 2.24) is 10.2 Å². The number of ether oxygens (including phenoxy) is 1. The molecule has 3 amide bonds. The maximum absolute atomic E-state index is 13.9. The first kappa shape index (κ1) is 28.5. The number of aromatic hydroxyl groups is 1. The van der Waals surface area contributed by atoms with Crippen LogP contribution in [0.4, 0.5) is 10.5 Å². The van der Waals surface area contributed by atoms with Gasteiger partial charge in [0.2, 0.25) is 5.91 Å². The molecule has 1 unspecified atom stereocenters. The highest BCUT2D eigenvalue weighted by atomic mass is 16.6. The van der Waals surface area contributed by atoms with E-state index in [1.165, 1.54) is 17.0 Å². The van der Waals surface area contributed by atoms with Gasteiger partial charge in [-0.1, -0.05) is 49.4 Å². The lowest BCUT2D eigenvalue weighted by Gasteiger charge is -2.43. The van der Waals surface area contributed by atoms with Crippen LogP contribution in [0, 0.1) is 0 Å². The van der Waals surface area contributed by atoms with Crippen molar-refractivity contribution in [1.29, 1.82) is 0 Å². The minimum Gasteiger partial charge on any atom is -0.508 e. The Morgan fingerprint density at radius 3 is 2.16 bits per heavy atom. The summed E-state index contributed by atoms with van der Waals surface area (Å²) in [4.78, 5) is 41.3. The molecule has 0 spiro atoms. The third kappa shape index (κ3) is 7.25. The van der Waals surface area contributed by atoms with Crippen molar-refractivity contribution < 1.29 is 24.2 Å². The highest BCUT2D eigenvalue weighted by Crippen LogP contribution is 2.33. The molecule has 0 aliphatic carbocycles. The van der Waals surface area contributed by atoms with E-state index in [4.69, 9.17) is 4.74 Å². The van der Waals surface area contributed by atoms with E-state index in [1.54, 1.807) is 32.9 Å². The summed E-state index contributed by atoms with van der Waals surface area (Å²) in [6, 6.07) is 18.6. The maximum Gasteiger partial charge on any atom is 0.408 e. The number of anilines is 1. The molecule has 8 nitrogen and oxygen atoms in total. The van der Waals surface area contributed by atoms with Gasteiger partial charge in [0, 0.05) is 11.2 Å². The zero-order valence-corrected chi connectivity index (χ0v) is 22.9. The average Bonchev–Trinajstić information content (AvgIpc) is 2.85. The number of benzene rings is 3. The van der Waals surface area contributed by atoms with Crippen LogP contribution >= 0.6 is 0 Å². The van der Waals surface area contributed by atoms with Gasteiger partial charge < -0.3 is 25.4 Å². The van der Waals surface area contributed by atoms with Crippen molar-refractivity contribution in [3.8, 4) is 5.75 Å². The topological polar surface area (TPSA) is 108 Å². The van der Waals surface area contributed by atoms with Crippen LogP contribution in [-0.4, -0.2) is 45.6 Å². The molecule has 3 N–H and O–H groups in total. The molecular formula is C30H37N3O5. The van der Waals surface area contributed by atoms with Gasteiger partial charge in [0.25, 0.3) is 5.91 Å². The monoisotopic (exact) mass is 519 g/mol. The van der Waals surface area contributed by atoms with E-state index in [2.05, 4.69) is 10.6 Å². The van der Waals surface area contributed by atoms with Crippen LogP contribution in [0.25, 0.3) is 10.8 Å². The van der Waals surface area contributed by atoms with Crippen LogP contribution in [0.15, 0.2) is 66.7 Å². The fourth-order valence-corrected chi connectivity index (χ4v) is 4.10. The number of carbonyl (C=O) groups excluding carboxylic acids is 3. The smallest absolute Gasteiger partial charge is 0.408 e. The predicted molar refractivity (Wildman–Crippen MR) is 149 cm³/mol. The third-order valence-corrected chi connectivity index (χ3v) is 6.30. The Labute approximate surface area is 224 Å². The van der Waals surface area contributed by atoms with E-state index < -0.39 is 35.1 Å². The lowest BCUT2D eigenvalue weighted by molar-refractivity contribution is -0.145. The Bertz CT molecular complexity index is 1300. The summed E-state index contributed by atoms with van der Waals surface area (Å²) in [5, 5.41) is 17.4. The highest BCUT2D eigenvalue weighted by Gasteiger charge is 2.40. The van der Waals surface area contributed by atoms with Crippen LogP contribution < -0.4 is 10.6 Å². The largest absolute Gasteiger partial charge is 0.508 e. The molecule has 0 saturated heterocycles. The Morgan fingerprint density at radius 1 is 0.921 bits per heavy atom. The Kier molecular flexibility index (Phi) is 8.66. The molecule has 38 heavy (non-hydrogen) atoms. The number of hydrogen-bond donors (Lipinski definition) is 3. The number of nitrogens with zero attached hydrogens (tertiary/aromatic N) is 1. The standard InChI is InChI=1S/C30H37N3O5/c1-7-30(5,6)33(25(35)19-31-28(37)38-29(2,3)4)26(21-13-16-24(34)17-14-21)27(36)32-23-15-12-20-10-8-9-11-22(20)18-23/h8-18,26,34H,7,19H2,1-6H3,(H,31,37)(H,32,36). The van der Waals surface area contributed by atoms with Gasteiger partial charge in [-0.2, -0.15) is 0 Å². The van der Waals surface area contributed by atoms with Crippen molar-refractivity contribution in [2.45, 2.75) is 65.1 Å². The van der Waals surface area contributed by atoms with Gasteiger partial charge in [0.1, 0.15) is 23.9 Å². The number of carbonyl (C=O) groups is 3. The second-order valence-corrected chi connectivity index (χ2v) is 10.8. The van der Waals surface area contributed by atoms with Gasteiger partial charge in [0.15, 0.2) is 0 Å². The van der Waals surface area contributed by atoms with Crippen LogP contribution in [0.3, 0.4) is 0 Å². The first-order valence-electron chi connectivity index (χ1n) is 12.7. The molecule has 0 fully saturated rings. The average molecular weight is 520 g/mol. The van der Waals surface area contributed by atoms with Crippen molar-refractivity contribution in [3.63, 3.8) is 0 Å². The molecular weight excluding hydrogens is 482 g/mol. The molecule has 3 aromatic rings. The molecule has 3 rings (SSSR count). The molecule has 1 atom stereocenters. The zero-order chi connectivity index (χ0) is 28.1. The van der Waals surface area contributed by atoms with Crippen molar-refractivity contribution >= 4 is 34.4 Å². The predicted octanol–water partition coefficient (Wildman–Crippen LogP) is 5.77. The van der Waals surface area contributed by atoms with Gasteiger partial charge in [-0.05, 0) is 81.6 Å². The quantitative estimate of drug-likeness (QED) is 0.350. The number of amides is 3. The fraction of sp³-hybridized carbons (Fsp3) is 0.367. The number of hydrogen-bond acceptors (Lipinski definition) is 5. The molecule has 0 heterocycles.